The summed E-state index contributed by atoms with van der Waals surface area (Å²) in [6.45, 7) is 5.73. The summed E-state index contributed by atoms with van der Waals surface area (Å²) in [7, 11) is -7.24. The molecule has 3 N–H and O–H groups in total. The van der Waals surface area contributed by atoms with Crippen LogP contribution in [0, 0.1) is 0 Å². The van der Waals surface area contributed by atoms with E-state index in [0.29, 0.717) is 17.7 Å². The Morgan fingerprint density at radius 2 is 1.55 bits per heavy atom. The van der Waals surface area contributed by atoms with Gasteiger partial charge in [-0.15, -0.1) is 0 Å². The van der Waals surface area contributed by atoms with Gasteiger partial charge in [-0.25, -0.2) is 31.5 Å². The molecule has 0 radical (unpaired) electrons. The number of rotatable bonds is 10. The van der Waals surface area contributed by atoms with Crippen molar-refractivity contribution in [2.24, 2.45) is 0 Å². The second-order valence-corrected chi connectivity index (χ2v) is 15.0. The molecule has 236 valence electrons. The van der Waals surface area contributed by atoms with Gasteiger partial charge in [0.1, 0.15) is 12.1 Å². The Balaban J connectivity index is 1.70. The van der Waals surface area contributed by atoms with Crippen LogP contribution < -0.4 is 15.4 Å². The molecule has 0 aliphatic rings. The van der Waals surface area contributed by atoms with E-state index in [2.05, 4.69) is 30.3 Å². The molecule has 0 saturated heterocycles. The first kappa shape index (κ1) is 33.1. The van der Waals surface area contributed by atoms with Crippen LogP contribution in [0.2, 0.25) is 0 Å². The molecule has 0 saturated carbocycles. The van der Waals surface area contributed by atoms with Crippen molar-refractivity contribution in [1.82, 2.24) is 19.7 Å². The smallest absolute Gasteiger partial charge is 0.359 e. The summed E-state index contributed by atoms with van der Waals surface area (Å²) in [6.07, 6.45) is -2.94. The van der Waals surface area contributed by atoms with Gasteiger partial charge in [-0.2, -0.15) is 18.2 Å². The van der Waals surface area contributed by atoms with Gasteiger partial charge >= 0.3 is 6.18 Å². The van der Waals surface area contributed by atoms with Gasteiger partial charge in [-0.05, 0) is 69.2 Å². The lowest BCUT2D eigenvalue weighted by atomic mass is 10.1. The molecule has 2 heterocycles. The van der Waals surface area contributed by atoms with Crippen molar-refractivity contribution in [3.8, 4) is 11.3 Å². The molecule has 2 aromatic heterocycles. The Bertz CT molecular complexity index is 1880. The van der Waals surface area contributed by atoms with Gasteiger partial charge in [0.15, 0.2) is 15.7 Å². The van der Waals surface area contributed by atoms with Crippen molar-refractivity contribution in [2.45, 2.75) is 61.7 Å². The first-order valence-corrected chi connectivity index (χ1v) is 16.9. The van der Waals surface area contributed by atoms with Gasteiger partial charge in [-0.3, -0.25) is 0 Å². The third-order valence-electron chi connectivity index (χ3n) is 6.30. The third-order valence-corrected chi connectivity index (χ3v) is 9.19. The van der Waals surface area contributed by atoms with E-state index in [1.54, 1.807) is 57.2 Å². The molecule has 0 fully saturated rings. The predicted molar refractivity (Wildman–Crippen MR) is 164 cm³/mol. The Kier molecular flexibility index (Phi) is 9.24. The molecule has 0 bridgehead atoms. The molecule has 15 heteroatoms. The lowest BCUT2D eigenvalue weighted by Crippen LogP contribution is -2.40. The Morgan fingerprint density at radius 1 is 0.864 bits per heavy atom. The Labute approximate surface area is 254 Å². The van der Waals surface area contributed by atoms with E-state index in [4.69, 9.17) is 0 Å². The van der Waals surface area contributed by atoms with E-state index in [0.717, 1.165) is 11.8 Å². The summed E-state index contributed by atoms with van der Waals surface area (Å²) >= 11 is 0. The number of hydrogen-bond donors (Lipinski definition) is 3. The second-order valence-electron chi connectivity index (χ2n) is 11.3. The standard InChI is InChI=1S/C29H33F3N6O4S2/c1-6-22(18-10-12-20(13-11-18)44(41,42)38-28(2,3)4)35-27-36-24-15-14-23(19-8-7-9-21(16-19)43(5,39)40)34-25(24)26(37-27)33-17-29(30,31)32/h7-16,22,38H,6,17H2,1-5H3,(H2,33,35,36,37). The maximum atomic E-state index is 13.2. The number of hydrogen-bond acceptors (Lipinski definition) is 9. The van der Waals surface area contributed by atoms with Crippen LogP contribution in [0.15, 0.2) is 70.5 Å². The number of aromatic nitrogens is 3. The SMILES string of the molecule is CCC(Nc1nc(NCC(F)(F)F)c2nc(-c3cccc(S(C)(=O)=O)c3)ccc2n1)c1ccc(S(=O)(=O)NC(C)(C)C)cc1. The summed E-state index contributed by atoms with van der Waals surface area (Å²) in [5.74, 6) is -0.130. The summed E-state index contributed by atoms with van der Waals surface area (Å²) in [6, 6.07) is 15.1. The molecular formula is C29H33F3N6O4S2. The van der Waals surface area contributed by atoms with Gasteiger partial charge in [0.05, 0.1) is 27.0 Å². The summed E-state index contributed by atoms with van der Waals surface area (Å²) in [5.41, 5.74) is 1.15. The Hall–Kier alpha value is -3.82. The maximum absolute atomic E-state index is 13.2. The highest BCUT2D eigenvalue weighted by molar-refractivity contribution is 7.90. The molecule has 4 rings (SSSR count). The van der Waals surface area contributed by atoms with Crippen molar-refractivity contribution in [1.29, 1.82) is 0 Å². The first-order chi connectivity index (χ1) is 20.3. The zero-order valence-electron chi connectivity index (χ0n) is 24.7. The van der Waals surface area contributed by atoms with Crippen LogP contribution in [0.25, 0.3) is 22.3 Å². The topological polar surface area (TPSA) is 143 Å². The lowest BCUT2D eigenvalue weighted by Gasteiger charge is -2.21. The predicted octanol–water partition coefficient (Wildman–Crippen LogP) is 5.71. The third kappa shape index (κ3) is 8.42. The number of nitrogens with one attached hydrogen (secondary N) is 3. The molecular weight excluding hydrogens is 617 g/mol. The number of benzene rings is 2. The first-order valence-electron chi connectivity index (χ1n) is 13.5. The van der Waals surface area contributed by atoms with Crippen LogP contribution in [-0.2, 0) is 19.9 Å². The second kappa shape index (κ2) is 12.3. The number of halogens is 3. The summed E-state index contributed by atoms with van der Waals surface area (Å²) in [4.78, 5) is 13.4. The molecule has 0 spiro atoms. The Morgan fingerprint density at radius 3 is 2.14 bits per heavy atom. The van der Waals surface area contributed by atoms with Gasteiger partial charge in [0, 0.05) is 17.4 Å². The maximum Gasteiger partial charge on any atom is 0.405 e. The molecule has 0 aliphatic carbocycles. The van der Waals surface area contributed by atoms with Crippen molar-refractivity contribution in [2.75, 3.05) is 23.4 Å². The minimum atomic E-state index is -4.54. The van der Waals surface area contributed by atoms with E-state index in [1.807, 2.05) is 6.92 Å². The summed E-state index contributed by atoms with van der Waals surface area (Å²) in [5, 5.41) is 5.45. The summed E-state index contributed by atoms with van der Waals surface area (Å²) < 4.78 is 91.6. The molecule has 4 aromatic rings. The highest BCUT2D eigenvalue weighted by Crippen LogP contribution is 2.29. The minimum absolute atomic E-state index is 0.0359. The monoisotopic (exact) mass is 650 g/mol. The van der Waals surface area contributed by atoms with E-state index >= 15 is 0 Å². The molecule has 1 unspecified atom stereocenters. The van der Waals surface area contributed by atoms with E-state index in [-0.39, 0.29) is 32.6 Å². The van der Waals surface area contributed by atoms with Gasteiger partial charge < -0.3 is 10.6 Å². The largest absolute Gasteiger partial charge is 0.405 e. The van der Waals surface area contributed by atoms with Crippen LogP contribution in [0.3, 0.4) is 0 Å². The number of anilines is 2. The van der Waals surface area contributed by atoms with Crippen molar-refractivity contribution in [3.63, 3.8) is 0 Å². The number of nitrogens with zero attached hydrogens (tertiary/aromatic N) is 3. The van der Waals surface area contributed by atoms with Gasteiger partial charge in [-0.1, -0.05) is 31.2 Å². The van der Waals surface area contributed by atoms with Crippen LogP contribution in [0.4, 0.5) is 24.9 Å². The van der Waals surface area contributed by atoms with Crippen LogP contribution in [0.5, 0.6) is 0 Å². The molecule has 10 nitrogen and oxygen atoms in total. The van der Waals surface area contributed by atoms with Crippen LogP contribution in [0.1, 0.15) is 45.7 Å². The number of fused-ring (bicyclic) bond motifs is 1. The molecule has 1 atom stereocenters. The van der Waals surface area contributed by atoms with Gasteiger partial charge in [0.2, 0.25) is 16.0 Å². The van der Waals surface area contributed by atoms with E-state index in [1.165, 1.54) is 24.3 Å². The van der Waals surface area contributed by atoms with E-state index < -0.39 is 44.2 Å². The number of sulfone groups is 1. The number of sulfonamides is 1. The molecule has 44 heavy (non-hydrogen) atoms. The fraction of sp³-hybridized carbons (Fsp3) is 0.345. The van der Waals surface area contributed by atoms with E-state index in [9.17, 15) is 30.0 Å². The highest BCUT2D eigenvalue weighted by atomic mass is 32.2. The molecule has 0 amide bonds. The zero-order chi connectivity index (χ0) is 32.5. The minimum Gasteiger partial charge on any atom is -0.359 e. The molecule has 0 aliphatic heterocycles. The average molecular weight is 651 g/mol. The van der Waals surface area contributed by atoms with Crippen LogP contribution in [-0.4, -0.2) is 56.3 Å². The van der Waals surface area contributed by atoms with Crippen molar-refractivity contribution < 1.29 is 30.0 Å². The zero-order valence-corrected chi connectivity index (χ0v) is 26.3. The fourth-order valence-corrected chi connectivity index (χ4v) is 6.44. The van der Waals surface area contributed by atoms with Crippen molar-refractivity contribution >= 4 is 42.7 Å². The lowest BCUT2D eigenvalue weighted by molar-refractivity contribution is -0.115. The number of alkyl halides is 3. The number of pyridine rings is 1. The quantitative estimate of drug-likeness (QED) is 0.197. The fourth-order valence-electron chi connectivity index (χ4n) is 4.35. The van der Waals surface area contributed by atoms with Gasteiger partial charge in [0.25, 0.3) is 0 Å². The van der Waals surface area contributed by atoms with Crippen molar-refractivity contribution in [3.05, 3.63) is 66.2 Å². The normalized spacial score (nSPS) is 13.5. The van der Waals surface area contributed by atoms with Crippen LogP contribution >= 0.6 is 0 Å². The highest BCUT2D eigenvalue weighted by Gasteiger charge is 2.28. The molecule has 2 aromatic carbocycles. The average Bonchev–Trinajstić information content (AvgIpc) is 2.92.